The molecule has 2 atom stereocenters. The number of aromatic amines is 1. The molecule has 4 N–H and O–H groups in total. The molecule has 4 rings (SSSR count). The molecule has 3 aromatic rings. The van der Waals surface area contributed by atoms with Crippen molar-refractivity contribution in [2.24, 2.45) is 5.73 Å². The first-order valence-corrected chi connectivity index (χ1v) is 9.54. The van der Waals surface area contributed by atoms with E-state index in [-0.39, 0.29) is 23.1 Å². The van der Waals surface area contributed by atoms with Crippen LogP contribution in [0.15, 0.2) is 53.3 Å². The molecule has 2 aromatic carbocycles. The molecule has 164 valence electrons. The first-order valence-electron chi connectivity index (χ1n) is 9.54. The zero-order chi connectivity index (χ0) is 23.2. The van der Waals surface area contributed by atoms with Gasteiger partial charge in [-0.2, -0.15) is 13.2 Å². The highest BCUT2D eigenvalue weighted by molar-refractivity contribution is 6.38. The van der Waals surface area contributed by atoms with E-state index in [2.05, 4.69) is 10.3 Å². The Morgan fingerprint density at radius 3 is 2.44 bits per heavy atom. The molecule has 0 spiro atoms. The van der Waals surface area contributed by atoms with Crippen LogP contribution in [0.25, 0.3) is 22.0 Å². The normalized spacial score (nSPS) is 18.5. The second-order valence-corrected chi connectivity index (χ2v) is 7.48. The molecule has 0 saturated carbocycles. The van der Waals surface area contributed by atoms with E-state index >= 15 is 0 Å². The van der Waals surface area contributed by atoms with E-state index in [0.717, 1.165) is 6.07 Å². The molecule has 1 fully saturated rings. The number of hydrogen-bond donors (Lipinski definition) is 3. The number of pyridine rings is 1. The number of primary amides is 1. The highest BCUT2D eigenvalue weighted by Crippen LogP contribution is 2.37. The minimum absolute atomic E-state index is 0.00105. The lowest BCUT2D eigenvalue weighted by Gasteiger charge is -2.14. The Labute approximate surface area is 178 Å². The zero-order valence-electron chi connectivity index (χ0n) is 16.3. The van der Waals surface area contributed by atoms with Gasteiger partial charge in [0.2, 0.25) is 11.7 Å². The summed E-state index contributed by atoms with van der Waals surface area (Å²) in [5.41, 5.74) is 3.76. The molecule has 2 amide bonds. The highest BCUT2D eigenvalue weighted by atomic mass is 19.4. The molecule has 32 heavy (non-hydrogen) atoms. The predicted octanol–water partition coefficient (Wildman–Crippen LogP) is 2.24. The van der Waals surface area contributed by atoms with Gasteiger partial charge in [0.05, 0.1) is 17.5 Å². The zero-order valence-corrected chi connectivity index (χ0v) is 16.3. The van der Waals surface area contributed by atoms with Crippen molar-refractivity contribution in [1.29, 1.82) is 0 Å². The Morgan fingerprint density at radius 1 is 1.03 bits per heavy atom. The summed E-state index contributed by atoms with van der Waals surface area (Å²) in [5.74, 6) is -3.33. The summed E-state index contributed by atoms with van der Waals surface area (Å²) in [4.78, 5) is 50.3. The SMILES string of the molecule is NC(=O)C(=O)C1CC(c2ccc3cc(-c4ccccc4C(F)(F)F)[nH]c(=O)c3c2)C(=O)N1. The largest absolute Gasteiger partial charge is 0.417 e. The summed E-state index contributed by atoms with van der Waals surface area (Å²) in [7, 11) is 0. The Bertz CT molecular complexity index is 1330. The van der Waals surface area contributed by atoms with Crippen molar-refractivity contribution < 1.29 is 27.6 Å². The van der Waals surface area contributed by atoms with Crippen molar-refractivity contribution in [1.82, 2.24) is 10.3 Å². The fourth-order valence-corrected chi connectivity index (χ4v) is 3.91. The summed E-state index contributed by atoms with van der Waals surface area (Å²) in [6.45, 7) is 0. The van der Waals surface area contributed by atoms with Crippen LogP contribution < -0.4 is 16.6 Å². The van der Waals surface area contributed by atoms with Crippen LogP contribution in [-0.4, -0.2) is 28.6 Å². The number of Topliss-reactive ketones (excluding diaryl/α,β-unsaturated/α-hetero) is 1. The minimum atomic E-state index is -4.60. The van der Waals surface area contributed by atoms with Gasteiger partial charge in [0.25, 0.3) is 11.5 Å². The lowest BCUT2D eigenvalue weighted by atomic mass is 9.92. The topological polar surface area (TPSA) is 122 Å². The van der Waals surface area contributed by atoms with Gasteiger partial charge in [-0.25, -0.2) is 0 Å². The van der Waals surface area contributed by atoms with Gasteiger partial charge in [-0.3, -0.25) is 19.2 Å². The second-order valence-electron chi connectivity index (χ2n) is 7.48. The van der Waals surface area contributed by atoms with Crippen molar-refractivity contribution in [3.05, 3.63) is 70.0 Å². The predicted molar refractivity (Wildman–Crippen MR) is 108 cm³/mol. The molecule has 0 radical (unpaired) electrons. The Hall–Kier alpha value is -3.95. The lowest BCUT2D eigenvalue weighted by molar-refractivity contribution is -0.137. The molecule has 0 aliphatic carbocycles. The van der Waals surface area contributed by atoms with Gasteiger partial charge in [0.1, 0.15) is 0 Å². The van der Waals surface area contributed by atoms with E-state index < -0.39 is 46.9 Å². The number of nitrogens with one attached hydrogen (secondary N) is 2. The number of halogens is 3. The van der Waals surface area contributed by atoms with Crippen LogP contribution >= 0.6 is 0 Å². The molecule has 7 nitrogen and oxygen atoms in total. The second kappa shape index (κ2) is 7.63. The summed E-state index contributed by atoms with van der Waals surface area (Å²) >= 11 is 0. The fourth-order valence-electron chi connectivity index (χ4n) is 3.91. The monoisotopic (exact) mass is 443 g/mol. The number of fused-ring (bicyclic) bond motifs is 1. The number of H-pyrrole nitrogens is 1. The van der Waals surface area contributed by atoms with E-state index in [1.165, 1.54) is 36.4 Å². The van der Waals surface area contributed by atoms with Crippen LogP contribution in [-0.2, 0) is 20.6 Å². The van der Waals surface area contributed by atoms with Crippen LogP contribution in [0.2, 0.25) is 0 Å². The summed E-state index contributed by atoms with van der Waals surface area (Å²) < 4.78 is 40.1. The van der Waals surface area contributed by atoms with Crippen LogP contribution in [0.5, 0.6) is 0 Å². The van der Waals surface area contributed by atoms with Gasteiger partial charge in [-0.15, -0.1) is 0 Å². The van der Waals surface area contributed by atoms with E-state index in [0.29, 0.717) is 10.9 Å². The van der Waals surface area contributed by atoms with E-state index in [1.807, 2.05) is 0 Å². The molecule has 1 aliphatic rings. The summed E-state index contributed by atoms with van der Waals surface area (Å²) in [5, 5.41) is 2.97. The molecule has 1 saturated heterocycles. The maximum atomic E-state index is 13.4. The van der Waals surface area contributed by atoms with Gasteiger partial charge in [0.15, 0.2) is 0 Å². The van der Waals surface area contributed by atoms with Crippen LogP contribution in [0.3, 0.4) is 0 Å². The Kier molecular flexibility index (Phi) is 5.08. The Morgan fingerprint density at radius 2 is 1.75 bits per heavy atom. The number of hydrogen-bond acceptors (Lipinski definition) is 4. The first kappa shape index (κ1) is 21.3. The van der Waals surface area contributed by atoms with E-state index in [4.69, 9.17) is 5.73 Å². The van der Waals surface area contributed by atoms with Crippen LogP contribution in [0, 0.1) is 0 Å². The fraction of sp³-hybridized carbons (Fsp3) is 0.182. The number of carbonyl (C=O) groups is 3. The number of benzene rings is 2. The molecule has 0 bridgehead atoms. The maximum absolute atomic E-state index is 13.4. The van der Waals surface area contributed by atoms with Gasteiger partial charge in [-0.05, 0) is 35.6 Å². The quantitative estimate of drug-likeness (QED) is 0.536. The number of aromatic nitrogens is 1. The van der Waals surface area contributed by atoms with Gasteiger partial charge in [0, 0.05) is 16.6 Å². The number of ketones is 1. The summed E-state index contributed by atoms with van der Waals surface area (Å²) in [6.07, 6.45) is -4.60. The Balaban J connectivity index is 1.74. The molecular formula is C22H16F3N3O4. The minimum Gasteiger partial charge on any atom is -0.363 e. The smallest absolute Gasteiger partial charge is 0.363 e. The summed E-state index contributed by atoms with van der Waals surface area (Å²) in [6, 6.07) is 9.84. The standard InChI is InChI=1S/C22H16F3N3O4/c23-22(24,25)15-4-2-1-3-12(15)16-8-11-6-5-10(7-13(11)20(31)27-16)14-9-17(28-21(14)32)18(29)19(26)30/h1-8,14,17H,9H2,(H2,26,30)(H,27,31)(H,28,32). The molecular weight excluding hydrogens is 427 g/mol. The number of carbonyl (C=O) groups excluding carboxylic acids is 3. The third-order valence-electron chi connectivity index (χ3n) is 5.46. The number of nitrogens with two attached hydrogens (primary N) is 1. The average molecular weight is 443 g/mol. The molecule has 1 aliphatic heterocycles. The lowest BCUT2D eigenvalue weighted by Crippen LogP contribution is -2.40. The molecule has 1 aromatic heterocycles. The van der Waals surface area contributed by atoms with Gasteiger partial charge in [-0.1, -0.05) is 30.3 Å². The number of amides is 2. The molecule has 2 unspecified atom stereocenters. The first-order chi connectivity index (χ1) is 15.1. The number of alkyl halides is 3. The van der Waals surface area contributed by atoms with Crippen molar-refractivity contribution in [3.63, 3.8) is 0 Å². The van der Waals surface area contributed by atoms with Crippen LogP contribution in [0.1, 0.15) is 23.5 Å². The van der Waals surface area contributed by atoms with Crippen molar-refractivity contribution in [2.45, 2.75) is 24.6 Å². The third kappa shape index (κ3) is 3.75. The van der Waals surface area contributed by atoms with Gasteiger partial charge < -0.3 is 16.0 Å². The maximum Gasteiger partial charge on any atom is 0.417 e. The van der Waals surface area contributed by atoms with Crippen LogP contribution in [0.4, 0.5) is 13.2 Å². The average Bonchev–Trinajstić information content (AvgIpc) is 3.13. The van der Waals surface area contributed by atoms with Crippen molar-refractivity contribution in [2.75, 3.05) is 0 Å². The van der Waals surface area contributed by atoms with Crippen molar-refractivity contribution in [3.8, 4) is 11.3 Å². The third-order valence-corrected chi connectivity index (χ3v) is 5.46. The molecule has 10 heteroatoms. The van der Waals surface area contributed by atoms with E-state index in [1.54, 1.807) is 6.07 Å². The highest BCUT2D eigenvalue weighted by Gasteiger charge is 2.38. The molecule has 2 heterocycles. The van der Waals surface area contributed by atoms with Crippen molar-refractivity contribution >= 4 is 28.4 Å². The number of rotatable bonds is 4. The van der Waals surface area contributed by atoms with E-state index in [9.17, 15) is 32.3 Å². The van der Waals surface area contributed by atoms with Gasteiger partial charge >= 0.3 is 6.18 Å².